The normalized spacial score (nSPS) is 18.6. The van der Waals surface area contributed by atoms with E-state index in [2.05, 4.69) is 32.2 Å². The molecule has 2 aromatic carbocycles. The molecule has 2 N–H and O–H groups in total. The topological polar surface area (TPSA) is 134 Å². The number of benzene rings is 2. The summed E-state index contributed by atoms with van der Waals surface area (Å²) >= 11 is 15.9. The molecule has 10 nitrogen and oxygen atoms in total. The van der Waals surface area contributed by atoms with Gasteiger partial charge in [0, 0.05) is 24.6 Å². The maximum Gasteiger partial charge on any atom is 0.415 e. The van der Waals surface area contributed by atoms with Gasteiger partial charge in [-0.2, -0.15) is 5.26 Å². The fraction of sp³-hybridized carbons (Fsp3) is 0.308. The number of halogens is 3. The fourth-order valence-electron chi connectivity index (χ4n) is 4.58. The number of hydrogen-bond donors (Lipinski definition) is 2. The van der Waals surface area contributed by atoms with Crippen molar-refractivity contribution in [2.24, 2.45) is 5.92 Å². The van der Waals surface area contributed by atoms with Gasteiger partial charge >= 0.3 is 6.09 Å². The van der Waals surface area contributed by atoms with Gasteiger partial charge in [-0.25, -0.2) is 4.79 Å². The standard InChI is InChI=1S/C26H22BrCl2N5O5/c1-2-37-19-11-14(9-16(27)23(19)38-26(35)34-5-7-36-8-6-34)20-15(12-30)24(31)39-25-21(20)22(32-33-25)13-3-4-17(28)18(29)10-13/h3-4,9-11,15,20,31H,2,5-8H2,1H3,(H,32,33). The average molecular weight is 635 g/mol. The quantitative estimate of drug-likeness (QED) is 0.351. The first kappa shape index (κ1) is 27.3. The number of carbonyl (C=O) groups is 1. The Hall–Kier alpha value is -3.30. The lowest BCUT2D eigenvalue weighted by Gasteiger charge is -2.29. The van der Waals surface area contributed by atoms with Crippen LogP contribution in [0.15, 0.2) is 34.8 Å². The number of carbonyl (C=O) groups excluding carboxylic acids is 1. The molecule has 1 saturated heterocycles. The molecule has 2 unspecified atom stereocenters. The zero-order chi connectivity index (χ0) is 27.7. The number of nitrogens with zero attached hydrogens (tertiary/aromatic N) is 3. The van der Waals surface area contributed by atoms with Gasteiger partial charge in [-0.1, -0.05) is 29.3 Å². The van der Waals surface area contributed by atoms with E-state index in [1.165, 1.54) is 0 Å². The van der Waals surface area contributed by atoms with Gasteiger partial charge in [0.05, 0.1) is 51.7 Å². The molecule has 13 heteroatoms. The second kappa shape index (κ2) is 11.4. The summed E-state index contributed by atoms with van der Waals surface area (Å²) in [5.74, 6) is -1.19. The minimum Gasteiger partial charge on any atom is -0.490 e. The highest BCUT2D eigenvalue weighted by Crippen LogP contribution is 2.49. The van der Waals surface area contributed by atoms with E-state index in [0.29, 0.717) is 75.6 Å². The molecule has 39 heavy (non-hydrogen) atoms. The molecule has 2 aliphatic rings. The molecule has 2 aliphatic heterocycles. The van der Waals surface area contributed by atoms with E-state index in [0.717, 1.165) is 0 Å². The number of hydrogen-bond acceptors (Lipinski definition) is 8. The van der Waals surface area contributed by atoms with Gasteiger partial charge in [-0.05, 0) is 52.7 Å². The van der Waals surface area contributed by atoms with E-state index >= 15 is 0 Å². The van der Waals surface area contributed by atoms with Crippen LogP contribution in [0.25, 0.3) is 11.3 Å². The zero-order valence-corrected chi connectivity index (χ0v) is 23.7. The van der Waals surface area contributed by atoms with Gasteiger partial charge in [0.1, 0.15) is 5.92 Å². The van der Waals surface area contributed by atoms with E-state index in [4.69, 9.17) is 47.6 Å². The number of nitriles is 1. The first-order valence-electron chi connectivity index (χ1n) is 12.0. The molecule has 2 atom stereocenters. The van der Waals surface area contributed by atoms with Crippen molar-refractivity contribution in [3.8, 4) is 34.7 Å². The van der Waals surface area contributed by atoms with Gasteiger partial charge in [-0.3, -0.25) is 10.5 Å². The third kappa shape index (κ3) is 5.30. The van der Waals surface area contributed by atoms with Crippen molar-refractivity contribution >= 4 is 51.1 Å². The number of amides is 1. The van der Waals surface area contributed by atoms with E-state index in [9.17, 15) is 10.1 Å². The molecular weight excluding hydrogens is 613 g/mol. The molecule has 0 radical (unpaired) electrons. The second-order valence-corrected chi connectivity index (χ2v) is 10.4. The van der Waals surface area contributed by atoms with Crippen LogP contribution in [0.4, 0.5) is 4.79 Å². The van der Waals surface area contributed by atoms with Crippen molar-refractivity contribution in [3.63, 3.8) is 0 Å². The van der Waals surface area contributed by atoms with Gasteiger partial charge < -0.3 is 23.8 Å². The highest BCUT2D eigenvalue weighted by molar-refractivity contribution is 9.10. The zero-order valence-electron chi connectivity index (χ0n) is 20.6. The van der Waals surface area contributed by atoms with Gasteiger partial charge in [-0.15, -0.1) is 5.10 Å². The molecular formula is C26H22BrCl2N5O5. The van der Waals surface area contributed by atoms with Crippen molar-refractivity contribution < 1.29 is 23.7 Å². The molecule has 1 fully saturated rings. The lowest BCUT2D eigenvalue weighted by Crippen LogP contribution is -2.42. The fourth-order valence-corrected chi connectivity index (χ4v) is 5.42. The molecule has 0 saturated carbocycles. The molecule has 1 aromatic heterocycles. The maximum absolute atomic E-state index is 12.8. The first-order valence-corrected chi connectivity index (χ1v) is 13.6. The van der Waals surface area contributed by atoms with Crippen molar-refractivity contribution in [3.05, 3.63) is 56.0 Å². The highest BCUT2D eigenvalue weighted by atomic mass is 79.9. The van der Waals surface area contributed by atoms with Crippen LogP contribution in [-0.2, 0) is 4.74 Å². The molecule has 0 bridgehead atoms. The summed E-state index contributed by atoms with van der Waals surface area (Å²) in [6, 6.07) is 10.8. The minimum absolute atomic E-state index is 0.175. The predicted molar refractivity (Wildman–Crippen MR) is 147 cm³/mol. The van der Waals surface area contributed by atoms with Crippen LogP contribution < -0.4 is 14.2 Å². The molecule has 5 rings (SSSR count). The number of H-pyrrole nitrogens is 1. The third-order valence-electron chi connectivity index (χ3n) is 6.40. The Bertz CT molecular complexity index is 1480. The van der Waals surface area contributed by atoms with Crippen molar-refractivity contribution in [2.45, 2.75) is 12.8 Å². The lowest BCUT2D eigenvalue weighted by molar-refractivity contribution is 0.0412. The smallest absolute Gasteiger partial charge is 0.415 e. The summed E-state index contributed by atoms with van der Waals surface area (Å²) in [7, 11) is 0. The van der Waals surface area contributed by atoms with Crippen LogP contribution >= 0.6 is 39.1 Å². The summed E-state index contributed by atoms with van der Waals surface area (Å²) in [6.07, 6.45) is -0.519. The number of nitrogens with one attached hydrogen (secondary N) is 2. The maximum atomic E-state index is 12.8. The van der Waals surface area contributed by atoms with E-state index < -0.39 is 17.9 Å². The Morgan fingerprint density at radius 3 is 2.74 bits per heavy atom. The van der Waals surface area contributed by atoms with E-state index in [-0.39, 0.29) is 17.5 Å². The molecule has 1 amide bonds. The average Bonchev–Trinajstić information content (AvgIpc) is 3.35. The summed E-state index contributed by atoms with van der Waals surface area (Å²) in [6.45, 7) is 3.84. The molecule has 202 valence electrons. The van der Waals surface area contributed by atoms with Gasteiger partial charge in [0.25, 0.3) is 0 Å². The SMILES string of the molecule is CCOc1cc(C2c3c(n[nH]c3-c3ccc(Cl)c(Cl)c3)OC(=N)C2C#N)cc(Br)c1OC(=O)N1CCOCC1. The summed E-state index contributed by atoms with van der Waals surface area (Å²) < 4.78 is 23.0. The molecule has 0 spiro atoms. The summed E-state index contributed by atoms with van der Waals surface area (Å²) in [5.41, 5.74) is 2.44. The predicted octanol–water partition coefficient (Wildman–Crippen LogP) is 6.02. The minimum atomic E-state index is -0.972. The Labute approximate surface area is 242 Å². The van der Waals surface area contributed by atoms with Crippen molar-refractivity contribution in [1.29, 1.82) is 10.7 Å². The first-order chi connectivity index (χ1) is 18.8. The van der Waals surface area contributed by atoms with E-state index in [1.807, 2.05) is 6.92 Å². The van der Waals surface area contributed by atoms with Gasteiger partial charge in [0.2, 0.25) is 11.8 Å². The summed E-state index contributed by atoms with van der Waals surface area (Å²) in [5, 5.41) is 26.5. The molecule has 0 aliphatic carbocycles. The number of ether oxygens (including phenoxy) is 4. The second-order valence-electron chi connectivity index (χ2n) is 8.73. The van der Waals surface area contributed by atoms with Crippen LogP contribution in [-0.4, -0.2) is 60.0 Å². The van der Waals surface area contributed by atoms with Crippen LogP contribution in [0.1, 0.15) is 24.0 Å². The number of morpholine rings is 1. The van der Waals surface area contributed by atoms with Crippen LogP contribution in [0.5, 0.6) is 17.4 Å². The number of fused-ring (bicyclic) bond motifs is 1. The molecule has 3 aromatic rings. The number of aromatic amines is 1. The van der Waals surface area contributed by atoms with Crippen LogP contribution in [0, 0.1) is 22.7 Å². The Morgan fingerprint density at radius 1 is 1.28 bits per heavy atom. The van der Waals surface area contributed by atoms with Crippen molar-refractivity contribution in [2.75, 3.05) is 32.9 Å². The highest BCUT2D eigenvalue weighted by Gasteiger charge is 2.41. The number of rotatable bonds is 5. The monoisotopic (exact) mass is 633 g/mol. The van der Waals surface area contributed by atoms with Gasteiger partial charge in [0.15, 0.2) is 11.5 Å². The Morgan fingerprint density at radius 2 is 2.05 bits per heavy atom. The lowest BCUT2D eigenvalue weighted by atomic mass is 9.78. The Balaban J connectivity index is 1.60. The largest absolute Gasteiger partial charge is 0.490 e. The van der Waals surface area contributed by atoms with E-state index in [1.54, 1.807) is 35.2 Å². The number of aromatic nitrogens is 2. The molecule has 3 heterocycles. The third-order valence-corrected chi connectivity index (χ3v) is 7.73. The van der Waals surface area contributed by atoms with Crippen LogP contribution in [0.2, 0.25) is 10.0 Å². The van der Waals surface area contributed by atoms with Crippen LogP contribution in [0.3, 0.4) is 0 Å². The summed E-state index contributed by atoms with van der Waals surface area (Å²) in [4.78, 5) is 14.4. The van der Waals surface area contributed by atoms with Crippen molar-refractivity contribution in [1.82, 2.24) is 15.1 Å². The Kier molecular flexibility index (Phi) is 8.00.